The molecule has 0 heteroatoms. The van der Waals surface area contributed by atoms with Crippen LogP contribution in [-0.2, 0) is 5.41 Å². The van der Waals surface area contributed by atoms with Gasteiger partial charge in [-0.3, -0.25) is 0 Å². The molecule has 0 nitrogen and oxygen atoms in total. The molecule has 0 aromatic heterocycles. The van der Waals surface area contributed by atoms with Crippen LogP contribution in [0.15, 0.2) is 84.9 Å². The van der Waals surface area contributed by atoms with Crippen molar-refractivity contribution in [1.29, 1.82) is 0 Å². The molecule has 4 aromatic rings. The molecule has 0 amide bonds. The van der Waals surface area contributed by atoms with E-state index < -0.39 is 0 Å². The Labute approximate surface area is 146 Å². The highest BCUT2D eigenvalue weighted by Crippen LogP contribution is 2.81. The van der Waals surface area contributed by atoms with Crippen molar-refractivity contribution in [3.63, 3.8) is 0 Å². The Morgan fingerprint density at radius 2 is 1.04 bits per heavy atom. The first-order chi connectivity index (χ1) is 12.4. The minimum absolute atomic E-state index is 0.163. The van der Waals surface area contributed by atoms with Gasteiger partial charge in [0.05, 0.1) is 0 Å². The molecule has 1 saturated carbocycles. The zero-order valence-corrected chi connectivity index (χ0v) is 13.7. The first-order valence-corrected chi connectivity index (χ1v) is 9.13. The molecule has 0 unspecified atom stereocenters. The standard InChI is InChI=1S/C25H16/c1-3-13-20-16(9-1)17-10-2-4-14-21(17)25(20)23-18-11-5-7-15-8-6-12-19(22(15)18)24(23)25/h1-14,23-24H/t23-,24+. The van der Waals surface area contributed by atoms with Crippen LogP contribution in [0.5, 0.6) is 0 Å². The largest absolute Gasteiger partial charge is 0.0619 e. The molecule has 1 spiro atoms. The Kier molecular flexibility index (Phi) is 1.93. The van der Waals surface area contributed by atoms with Crippen molar-refractivity contribution in [2.45, 2.75) is 17.3 Å². The summed E-state index contributed by atoms with van der Waals surface area (Å²) in [4.78, 5) is 0. The summed E-state index contributed by atoms with van der Waals surface area (Å²) in [6, 6.07) is 31.9. The van der Waals surface area contributed by atoms with Gasteiger partial charge in [0.2, 0.25) is 0 Å². The number of hydrogen-bond acceptors (Lipinski definition) is 0. The third-order valence-corrected chi connectivity index (χ3v) is 6.88. The van der Waals surface area contributed by atoms with Crippen molar-refractivity contribution >= 4 is 10.8 Å². The average Bonchev–Trinajstić information content (AvgIpc) is 3.13. The number of benzene rings is 4. The topological polar surface area (TPSA) is 0 Å². The van der Waals surface area contributed by atoms with Gasteiger partial charge in [-0.1, -0.05) is 84.9 Å². The maximum Gasteiger partial charge on any atom is 0.0365 e. The molecular formula is C25H16. The van der Waals surface area contributed by atoms with Gasteiger partial charge >= 0.3 is 0 Å². The van der Waals surface area contributed by atoms with Gasteiger partial charge in [0.25, 0.3) is 0 Å². The van der Waals surface area contributed by atoms with E-state index in [1.807, 2.05) is 0 Å². The summed E-state index contributed by atoms with van der Waals surface area (Å²) in [6.45, 7) is 0. The summed E-state index contributed by atoms with van der Waals surface area (Å²) in [6.07, 6.45) is 0. The van der Waals surface area contributed by atoms with Crippen molar-refractivity contribution in [1.82, 2.24) is 0 Å². The zero-order valence-electron chi connectivity index (χ0n) is 13.7. The summed E-state index contributed by atoms with van der Waals surface area (Å²) in [5.41, 5.74) is 9.24. The maximum atomic E-state index is 2.37. The van der Waals surface area contributed by atoms with Crippen molar-refractivity contribution in [2.75, 3.05) is 0 Å². The second-order valence-corrected chi connectivity index (χ2v) is 7.71. The lowest BCUT2D eigenvalue weighted by atomic mass is 9.82. The summed E-state index contributed by atoms with van der Waals surface area (Å²) >= 11 is 0. The quantitative estimate of drug-likeness (QED) is 0.373. The zero-order chi connectivity index (χ0) is 16.2. The van der Waals surface area contributed by atoms with Crippen LogP contribution in [0.4, 0.5) is 0 Å². The summed E-state index contributed by atoms with van der Waals surface area (Å²) in [5.74, 6) is 1.19. The molecule has 0 heterocycles. The number of fused-ring (bicyclic) bond motifs is 10. The molecule has 0 radical (unpaired) electrons. The molecule has 4 aromatic carbocycles. The molecule has 0 N–H and O–H groups in total. The van der Waals surface area contributed by atoms with Crippen molar-refractivity contribution in [3.8, 4) is 11.1 Å². The van der Waals surface area contributed by atoms with Crippen LogP contribution >= 0.6 is 0 Å². The molecule has 1 fully saturated rings. The monoisotopic (exact) mass is 316 g/mol. The summed E-state index contributed by atoms with van der Waals surface area (Å²) < 4.78 is 0. The molecule has 2 atom stereocenters. The van der Waals surface area contributed by atoms with E-state index in [9.17, 15) is 0 Å². The van der Waals surface area contributed by atoms with E-state index in [2.05, 4.69) is 84.9 Å². The summed E-state index contributed by atoms with van der Waals surface area (Å²) in [7, 11) is 0. The van der Waals surface area contributed by atoms with E-state index >= 15 is 0 Å². The van der Waals surface area contributed by atoms with E-state index in [0.717, 1.165) is 0 Å². The van der Waals surface area contributed by atoms with Crippen LogP contribution < -0.4 is 0 Å². The Hall–Kier alpha value is -2.86. The Bertz CT molecular complexity index is 1120. The third-order valence-electron chi connectivity index (χ3n) is 6.88. The van der Waals surface area contributed by atoms with E-state index in [-0.39, 0.29) is 5.41 Å². The Morgan fingerprint density at radius 3 is 1.60 bits per heavy atom. The minimum atomic E-state index is 0.163. The van der Waals surface area contributed by atoms with Crippen LogP contribution in [0.1, 0.15) is 34.1 Å². The normalized spacial score (nSPS) is 22.7. The first kappa shape index (κ1) is 12.5. The van der Waals surface area contributed by atoms with Crippen LogP contribution in [0, 0.1) is 0 Å². The fraction of sp³-hybridized carbons (Fsp3) is 0.120. The van der Waals surface area contributed by atoms with Crippen molar-refractivity contribution in [3.05, 3.63) is 107 Å². The Balaban J connectivity index is 1.61. The van der Waals surface area contributed by atoms with Crippen LogP contribution in [-0.4, -0.2) is 0 Å². The van der Waals surface area contributed by atoms with E-state index in [1.54, 1.807) is 11.1 Å². The molecule has 116 valence electrons. The molecule has 3 aliphatic rings. The van der Waals surface area contributed by atoms with E-state index in [0.29, 0.717) is 11.8 Å². The summed E-state index contributed by atoms with van der Waals surface area (Å²) in [5, 5.41) is 2.92. The van der Waals surface area contributed by atoms with Gasteiger partial charge in [-0.05, 0) is 44.2 Å². The fourth-order valence-electron chi connectivity index (χ4n) is 6.13. The number of hydrogen-bond donors (Lipinski definition) is 0. The molecule has 7 rings (SSSR count). The molecule has 0 aliphatic heterocycles. The SMILES string of the molecule is c1ccc2c(c1)-c1ccccc1C21[C@@H]2c3cccc4cccc(c34)[C@@H]21. The highest BCUT2D eigenvalue weighted by atomic mass is 14.7. The lowest BCUT2D eigenvalue weighted by molar-refractivity contribution is 0.803. The highest BCUT2D eigenvalue weighted by molar-refractivity contribution is 5.99. The van der Waals surface area contributed by atoms with E-state index in [1.165, 1.54) is 33.0 Å². The highest BCUT2D eigenvalue weighted by Gasteiger charge is 2.72. The van der Waals surface area contributed by atoms with Crippen LogP contribution in [0.3, 0.4) is 0 Å². The lowest BCUT2D eigenvalue weighted by Gasteiger charge is -2.20. The molecule has 25 heavy (non-hydrogen) atoms. The van der Waals surface area contributed by atoms with Crippen molar-refractivity contribution < 1.29 is 0 Å². The smallest absolute Gasteiger partial charge is 0.0365 e. The van der Waals surface area contributed by atoms with Gasteiger partial charge in [0.1, 0.15) is 0 Å². The maximum absolute atomic E-state index is 2.37. The van der Waals surface area contributed by atoms with Crippen molar-refractivity contribution in [2.24, 2.45) is 0 Å². The second kappa shape index (κ2) is 3.86. The van der Waals surface area contributed by atoms with Crippen LogP contribution in [0.2, 0.25) is 0 Å². The Morgan fingerprint density at radius 1 is 0.520 bits per heavy atom. The van der Waals surface area contributed by atoms with Gasteiger partial charge in [0, 0.05) is 17.3 Å². The predicted octanol–water partition coefficient (Wildman–Crippen LogP) is 6.00. The van der Waals surface area contributed by atoms with Gasteiger partial charge < -0.3 is 0 Å². The minimum Gasteiger partial charge on any atom is -0.0619 e. The average molecular weight is 316 g/mol. The van der Waals surface area contributed by atoms with Gasteiger partial charge in [-0.25, -0.2) is 0 Å². The van der Waals surface area contributed by atoms with E-state index in [4.69, 9.17) is 0 Å². The first-order valence-electron chi connectivity index (χ1n) is 9.13. The van der Waals surface area contributed by atoms with Gasteiger partial charge in [0.15, 0.2) is 0 Å². The molecule has 3 aliphatic carbocycles. The third kappa shape index (κ3) is 1.18. The molecule has 0 bridgehead atoms. The molecular weight excluding hydrogens is 300 g/mol. The fourth-order valence-corrected chi connectivity index (χ4v) is 6.13. The number of rotatable bonds is 0. The molecule has 0 saturated heterocycles. The van der Waals surface area contributed by atoms with Crippen LogP contribution in [0.25, 0.3) is 21.9 Å². The lowest BCUT2D eigenvalue weighted by Crippen LogP contribution is -2.12. The van der Waals surface area contributed by atoms with Gasteiger partial charge in [-0.2, -0.15) is 0 Å². The second-order valence-electron chi connectivity index (χ2n) is 7.71. The predicted molar refractivity (Wildman–Crippen MR) is 102 cm³/mol. The van der Waals surface area contributed by atoms with Gasteiger partial charge in [-0.15, -0.1) is 0 Å².